The molecule has 1 unspecified atom stereocenters. The molecule has 2 aromatic rings. The third kappa shape index (κ3) is 7.74. The van der Waals surface area contributed by atoms with Gasteiger partial charge in [0.2, 0.25) is 11.8 Å². The van der Waals surface area contributed by atoms with E-state index in [-0.39, 0.29) is 17.7 Å². The second-order valence-corrected chi connectivity index (χ2v) is 8.65. The SMILES string of the molecule is COc1ccc(CN(C(=O)C(C)C)C(Cc2ccccc2)C(=O)NCCC(C)C)cc1. The standard InChI is InChI=1S/C26H36N2O3/c1-19(2)15-16-27-25(29)24(17-21-9-7-6-8-10-21)28(26(30)20(3)4)18-22-11-13-23(31-5)14-12-22/h6-14,19-20,24H,15-18H2,1-5H3,(H,27,29). The fourth-order valence-corrected chi connectivity index (χ4v) is 3.38. The highest BCUT2D eigenvalue weighted by atomic mass is 16.5. The van der Waals surface area contributed by atoms with Gasteiger partial charge in [-0.25, -0.2) is 0 Å². The Morgan fingerprint density at radius 2 is 1.58 bits per heavy atom. The van der Waals surface area contributed by atoms with Crippen molar-refractivity contribution in [2.75, 3.05) is 13.7 Å². The van der Waals surface area contributed by atoms with Gasteiger partial charge in [0.15, 0.2) is 0 Å². The van der Waals surface area contributed by atoms with E-state index in [1.165, 1.54) is 0 Å². The van der Waals surface area contributed by atoms with Gasteiger partial charge < -0.3 is 15.0 Å². The number of rotatable bonds is 11. The van der Waals surface area contributed by atoms with Crippen molar-refractivity contribution in [3.05, 3.63) is 65.7 Å². The molecule has 0 aliphatic heterocycles. The molecule has 31 heavy (non-hydrogen) atoms. The van der Waals surface area contributed by atoms with Crippen LogP contribution in [0.1, 0.15) is 45.2 Å². The molecule has 0 saturated heterocycles. The maximum atomic E-state index is 13.3. The predicted molar refractivity (Wildman–Crippen MR) is 125 cm³/mol. The molecule has 0 spiro atoms. The van der Waals surface area contributed by atoms with E-state index in [0.29, 0.717) is 25.4 Å². The molecule has 0 fully saturated rings. The maximum absolute atomic E-state index is 13.3. The largest absolute Gasteiger partial charge is 0.497 e. The number of nitrogens with one attached hydrogen (secondary N) is 1. The van der Waals surface area contributed by atoms with E-state index in [0.717, 1.165) is 23.3 Å². The molecule has 2 amide bonds. The second-order valence-electron chi connectivity index (χ2n) is 8.65. The van der Waals surface area contributed by atoms with Crippen molar-refractivity contribution in [2.45, 2.75) is 53.1 Å². The molecular weight excluding hydrogens is 388 g/mol. The topological polar surface area (TPSA) is 58.6 Å². The molecule has 5 nitrogen and oxygen atoms in total. The van der Waals surface area contributed by atoms with Gasteiger partial charge in [-0.2, -0.15) is 0 Å². The monoisotopic (exact) mass is 424 g/mol. The average Bonchev–Trinajstić information content (AvgIpc) is 2.76. The molecule has 2 rings (SSSR count). The third-order valence-corrected chi connectivity index (χ3v) is 5.26. The molecule has 168 valence electrons. The number of benzene rings is 2. The lowest BCUT2D eigenvalue weighted by atomic mass is 10.0. The number of carbonyl (C=O) groups is 2. The molecular formula is C26H36N2O3. The minimum atomic E-state index is -0.577. The number of hydrogen-bond donors (Lipinski definition) is 1. The zero-order chi connectivity index (χ0) is 22.8. The molecule has 0 aromatic heterocycles. The van der Waals surface area contributed by atoms with Crippen LogP contribution >= 0.6 is 0 Å². The van der Waals surface area contributed by atoms with Crippen LogP contribution in [0, 0.1) is 11.8 Å². The molecule has 0 aliphatic rings. The lowest BCUT2D eigenvalue weighted by Gasteiger charge is -2.33. The zero-order valence-electron chi connectivity index (χ0n) is 19.4. The van der Waals surface area contributed by atoms with Gasteiger partial charge in [0.25, 0.3) is 0 Å². The van der Waals surface area contributed by atoms with Crippen LogP contribution in [0.5, 0.6) is 5.75 Å². The van der Waals surface area contributed by atoms with Gasteiger partial charge in [-0.3, -0.25) is 9.59 Å². The first-order valence-electron chi connectivity index (χ1n) is 11.1. The van der Waals surface area contributed by atoms with Crippen molar-refractivity contribution in [3.63, 3.8) is 0 Å². The molecule has 0 heterocycles. The van der Waals surface area contributed by atoms with E-state index in [1.54, 1.807) is 12.0 Å². The number of methoxy groups -OCH3 is 1. The van der Waals surface area contributed by atoms with Gasteiger partial charge >= 0.3 is 0 Å². The first-order valence-corrected chi connectivity index (χ1v) is 11.1. The van der Waals surface area contributed by atoms with Crippen LogP contribution in [-0.2, 0) is 22.6 Å². The van der Waals surface area contributed by atoms with E-state index in [9.17, 15) is 9.59 Å². The highest BCUT2D eigenvalue weighted by Gasteiger charge is 2.31. The summed E-state index contributed by atoms with van der Waals surface area (Å²) >= 11 is 0. The summed E-state index contributed by atoms with van der Waals surface area (Å²) in [5.74, 6) is 0.918. The van der Waals surface area contributed by atoms with E-state index in [1.807, 2.05) is 68.4 Å². The summed E-state index contributed by atoms with van der Waals surface area (Å²) < 4.78 is 5.24. The Bertz CT molecular complexity index is 816. The summed E-state index contributed by atoms with van der Waals surface area (Å²) in [6.07, 6.45) is 1.38. The predicted octanol–water partition coefficient (Wildman–Crippen LogP) is 4.45. The molecule has 0 radical (unpaired) electrons. The van der Waals surface area contributed by atoms with Crippen LogP contribution in [0.2, 0.25) is 0 Å². The molecule has 5 heteroatoms. The average molecular weight is 425 g/mol. The van der Waals surface area contributed by atoms with Crippen LogP contribution in [-0.4, -0.2) is 36.4 Å². The van der Waals surface area contributed by atoms with Gasteiger partial charge in [0, 0.05) is 25.4 Å². The fourth-order valence-electron chi connectivity index (χ4n) is 3.38. The van der Waals surface area contributed by atoms with E-state index in [4.69, 9.17) is 4.74 Å². The van der Waals surface area contributed by atoms with Crippen molar-refractivity contribution >= 4 is 11.8 Å². The van der Waals surface area contributed by atoms with Crippen LogP contribution in [0.15, 0.2) is 54.6 Å². The van der Waals surface area contributed by atoms with Crippen LogP contribution < -0.4 is 10.1 Å². The Morgan fingerprint density at radius 1 is 0.935 bits per heavy atom. The summed E-state index contributed by atoms with van der Waals surface area (Å²) in [4.78, 5) is 28.2. The minimum Gasteiger partial charge on any atom is -0.497 e. The highest BCUT2D eigenvalue weighted by Crippen LogP contribution is 2.19. The van der Waals surface area contributed by atoms with Crippen LogP contribution in [0.3, 0.4) is 0 Å². The maximum Gasteiger partial charge on any atom is 0.243 e. The van der Waals surface area contributed by atoms with Gasteiger partial charge in [0.05, 0.1) is 7.11 Å². The van der Waals surface area contributed by atoms with Crippen LogP contribution in [0.4, 0.5) is 0 Å². The van der Waals surface area contributed by atoms with Crippen LogP contribution in [0.25, 0.3) is 0 Å². The summed E-state index contributed by atoms with van der Waals surface area (Å²) in [6.45, 7) is 8.99. The van der Waals surface area contributed by atoms with Crippen molar-refractivity contribution in [3.8, 4) is 5.75 Å². The number of nitrogens with zero attached hydrogens (tertiary/aromatic N) is 1. The van der Waals surface area contributed by atoms with Crippen molar-refractivity contribution in [2.24, 2.45) is 11.8 Å². The molecule has 2 aromatic carbocycles. The number of hydrogen-bond acceptors (Lipinski definition) is 3. The minimum absolute atomic E-state index is 0.0317. The number of carbonyl (C=O) groups excluding carboxylic acids is 2. The Hall–Kier alpha value is -2.82. The normalized spacial score (nSPS) is 12.0. The number of amides is 2. The Morgan fingerprint density at radius 3 is 2.13 bits per heavy atom. The lowest BCUT2D eigenvalue weighted by molar-refractivity contribution is -0.143. The Kier molecular flexibility index (Phi) is 9.57. The van der Waals surface area contributed by atoms with E-state index < -0.39 is 6.04 Å². The van der Waals surface area contributed by atoms with Gasteiger partial charge in [-0.15, -0.1) is 0 Å². The third-order valence-electron chi connectivity index (χ3n) is 5.26. The Labute approximate surface area is 186 Å². The highest BCUT2D eigenvalue weighted by molar-refractivity contribution is 5.88. The van der Waals surface area contributed by atoms with Gasteiger partial charge in [0.1, 0.15) is 11.8 Å². The van der Waals surface area contributed by atoms with Crippen molar-refractivity contribution in [1.29, 1.82) is 0 Å². The van der Waals surface area contributed by atoms with E-state index >= 15 is 0 Å². The zero-order valence-corrected chi connectivity index (χ0v) is 19.4. The first-order chi connectivity index (χ1) is 14.8. The molecule has 1 N–H and O–H groups in total. The fraction of sp³-hybridized carbons (Fsp3) is 0.462. The second kappa shape index (κ2) is 12.1. The van der Waals surface area contributed by atoms with Gasteiger partial charge in [-0.1, -0.05) is 70.2 Å². The summed E-state index contributed by atoms with van der Waals surface area (Å²) in [5, 5.41) is 3.06. The first kappa shape index (κ1) is 24.4. The summed E-state index contributed by atoms with van der Waals surface area (Å²) in [6, 6.07) is 16.9. The molecule has 1 atom stereocenters. The smallest absolute Gasteiger partial charge is 0.243 e. The van der Waals surface area contributed by atoms with E-state index in [2.05, 4.69) is 19.2 Å². The van der Waals surface area contributed by atoms with Gasteiger partial charge in [-0.05, 0) is 35.6 Å². The molecule has 0 saturated carbocycles. The Balaban J connectivity index is 2.32. The summed E-state index contributed by atoms with van der Waals surface area (Å²) in [7, 11) is 1.63. The lowest BCUT2D eigenvalue weighted by Crippen LogP contribution is -2.51. The molecule has 0 bridgehead atoms. The number of ether oxygens (including phenoxy) is 1. The summed E-state index contributed by atoms with van der Waals surface area (Å²) in [5.41, 5.74) is 1.99. The molecule has 0 aliphatic carbocycles. The quantitative estimate of drug-likeness (QED) is 0.580. The van der Waals surface area contributed by atoms with Crippen molar-refractivity contribution < 1.29 is 14.3 Å². The van der Waals surface area contributed by atoms with Crippen molar-refractivity contribution in [1.82, 2.24) is 10.2 Å².